The summed E-state index contributed by atoms with van der Waals surface area (Å²) in [5.74, 6) is -0.389. The molecule has 0 heterocycles. The molecule has 4 nitrogen and oxygen atoms in total. The fourth-order valence-electron chi connectivity index (χ4n) is 1.84. The smallest absolute Gasteiger partial charge is 0.311 e. The van der Waals surface area contributed by atoms with Crippen LogP contribution in [0.5, 0.6) is 0 Å². The van der Waals surface area contributed by atoms with Crippen molar-refractivity contribution in [2.24, 2.45) is 16.7 Å². The van der Waals surface area contributed by atoms with Crippen LogP contribution in [-0.4, -0.2) is 25.2 Å². The maximum absolute atomic E-state index is 12.1. The van der Waals surface area contributed by atoms with Gasteiger partial charge in [-0.15, -0.1) is 0 Å². The molecule has 0 aliphatic carbocycles. The molecule has 0 aromatic heterocycles. The molecule has 1 atom stereocenters. The Labute approximate surface area is 135 Å². The largest absolute Gasteiger partial charge is 0.465 e. The van der Waals surface area contributed by atoms with Gasteiger partial charge < -0.3 is 9.47 Å². The summed E-state index contributed by atoms with van der Waals surface area (Å²) in [6.07, 6.45) is 3.81. The lowest BCUT2D eigenvalue weighted by atomic mass is 9.94. The number of carbonyl (C=O) groups excluding carboxylic acids is 2. The van der Waals surface area contributed by atoms with E-state index in [1.54, 1.807) is 0 Å². The quantitative estimate of drug-likeness (QED) is 0.593. The zero-order valence-corrected chi connectivity index (χ0v) is 15.5. The molecule has 4 heteroatoms. The third-order valence-electron chi connectivity index (χ3n) is 3.54. The van der Waals surface area contributed by atoms with Gasteiger partial charge >= 0.3 is 11.9 Å². The van der Waals surface area contributed by atoms with Crippen LogP contribution in [0.2, 0.25) is 0 Å². The van der Waals surface area contributed by atoms with Crippen LogP contribution in [0.4, 0.5) is 0 Å². The maximum atomic E-state index is 12.1. The molecule has 0 aliphatic heterocycles. The predicted octanol–water partition coefficient (Wildman–Crippen LogP) is 4.36. The molecule has 0 fully saturated rings. The van der Waals surface area contributed by atoms with E-state index in [0.717, 1.165) is 25.7 Å². The molecule has 0 saturated carbocycles. The summed E-state index contributed by atoms with van der Waals surface area (Å²) in [6.45, 7) is 14.0. The first kappa shape index (κ1) is 20.9. The van der Waals surface area contributed by atoms with E-state index in [4.69, 9.17) is 9.47 Å². The highest BCUT2D eigenvalue weighted by atomic mass is 16.5. The van der Waals surface area contributed by atoms with Crippen molar-refractivity contribution in [2.45, 2.75) is 74.1 Å². The van der Waals surface area contributed by atoms with Gasteiger partial charge in [0.05, 0.1) is 24.5 Å². The van der Waals surface area contributed by atoms with Crippen LogP contribution in [0.25, 0.3) is 0 Å². The minimum absolute atomic E-state index is 0.0205. The van der Waals surface area contributed by atoms with Crippen molar-refractivity contribution in [2.75, 3.05) is 13.2 Å². The SMILES string of the molecule is CCCCC(CC)C(=O)OCC(C)(C)COC(=O)C(C)(C)C. The Balaban J connectivity index is 4.30. The van der Waals surface area contributed by atoms with Gasteiger partial charge in [0.15, 0.2) is 0 Å². The highest BCUT2D eigenvalue weighted by Gasteiger charge is 2.28. The summed E-state index contributed by atoms with van der Waals surface area (Å²) in [5, 5.41) is 0. The van der Waals surface area contributed by atoms with Crippen molar-refractivity contribution in [3.8, 4) is 0 Å². The van der Waals surface area contributed by atoms with Crippen molar-refractivity contribution in [3.63, 3.8) is 0 Å². The summed E-state index contributed by atoms with van der Waals surface area (Å²) in [7, 11) is 0. The van der Waals surface area contributed by atoms with Crippen molar-refractivity contribution >= 4 is 11.9 Å². The van der Waals surface area contributed by atoms with Crippen LogP contribution in [0, 0.1) is 16.7 Å². The highest BCUT2D eigenvalue weighted by molar-refractivity contribution is 5.75. The van der Waals surface area contributed by atoms with Crippen molar-refractivity contribution < 1.29 is 19.1 Å². The second-order valence-corrected chi connectivity index (χ2v) is 7.85. The van der Waals surface area contributed by atoms with E-state index in [1.165, 1.54) is 0 Å². The van der Waals surface area contributed by atoms with Gasteiger partial charge in [0, 0.05) is 5.41 Å². The van der Waals surface area contributed by atoms with E-state index in [9.17, 15) is 9.59 Å². The van der Waals surface area contributed by atoms with E-state index < -0.39 is 5.41 Å². The number of hydrogen-bond donors (Lipinski definition) is 0. The van der Waals surface area contributed by atoms with Gasteiger partial charge in [-0.2, -0.15) is 0 Å². The van der Waals surface area contributed by atoms with Crippen molar-refractivity contribution in [1.82, 2.24) is 0 Å². The van der Waals surface area contributed by atoms with E-state index in [1.807, 2.05) is 41.5 Å². The van der Waals surface area contributed by atoms with Crippen LogP contribution in [0.1, 0.15) is 74.1 Å². The Kier molecular flexibility index (Phi) is 8.72. The number of rotatable bonds is 9. The Hall–Kier alpha value is -1.06. The summed E-state index contributed by atoms with van der Waals surface area (Å²) in [6, 6.07) is 0. The predicted molar refractivity (Wildman–Crippen MR) is 88.5 cm³/mol. The van der Waals surface area contributed by atoms with Crippen LogP contribution in [0.3, 0.4) is 0 Å². The zero-order chi connectivity index (χ0) is 17.4. The molecular formula is C18H34O4. The lowest BCUT2D eigenvalue weighted by Gasteiger charge is -2.27. The van der Waals surface area contributed by atoms with Gasteiger partial charge in [-0.25, -0.2) is 0 Å². The van der Waals surface area contributed by atoms with Gasteiger partial charge in [-0.05, 0) is 33.6 Å². The Bertz CT molecular complexity index is 353. The number of hydrogen-bond acceptors (Lipinski definition) is 4. The molecule has 0 rings (SSSR count). The van der Waals surface area contributed by atoms with Crippen molar-refractivity contribution in [3.05, 3.63) is 0 Å². The Morgan fingerprint density at radius 3 is 1.95 bits per heavy atom. The number of ether oxygens (including phenoxy) is 2. The molecule has 130 valence electrons. The monoisotopic (exact) mass is 314 g/mol. The summed E-state index contributed by atoms with van der Waals surface area (Å²) in [5.41, 5.74) is -0.889. The molecular weight excluding hydrogens is 280 g/mol. The highest BCUT2D eigenvalue weighted by Crippen LogP contribution is 2.22. The van der Waals surface area contributed by atoms with Gasteiger partial charge in [-0.1, -0.05) is 40.5 Å². The van der Waals surface area contributed by atoms with E-state index in [2.05, 4.69) is 6.92 Å². The second kappa shape index (κ2) is 9.16. The Morgan fingerprint density at radius 2 is 1.50 bits per heavy atom. The van der Waals surface area contributed by atoms with Crippen molar-refractivity contribution in [1.29, 1.82) is 0 Å². The lowest BCUT2D eigenvalue weighted by molar-refractivity contribution is -0.160. The summed E-state index contributed by atoms with van der Waals surface area (Å²) >= 11 is 0. The average Bonchev–Trinajstić information content (AvgIpc) is 2.42. The molecule has 0 aromatic carbocycles. The third kappa shape index (κ3) is 8.40. The van der Waals surface area contributed by atoms with Crippen LogP contribution in [-0.2, 0) is 19.1 Å². The molecule has 0 saturated heterocycles. The van der Waals surface area contributed by atoms with E-state index in [-0.39, 0.29) is 36.5 Å². The number of unbranched alkanes of at least 4 members (excludes halogenated alkanes) is 1. The first-order chi connectivity index (χ1) is 10.0. The molecule has 22 heavy (non-hydrogen) atoms. The first-order valence-electron chi connectivity index (χ1n) is 8.37. The van der Waals surface area contributed by atoms with Gasteiger partial charge in [-0.3, -0.25) is 9.59 Å². The standard InChI is InChI=1S/C18H34O4/c1-8-10-11-14(9-2)15(19)21-12-18(6,7)13-22-16(20)17(3,4)5/h14H,8-13H2,1-7H3. The van der Waals surface area contributed by atoms with E-state index in [0.29, 0.717) is 0 Å². The van der Waals surface area contributed by atoms with Crippen LogP contribution < -0.4 is 0 Å². The number of esters is 2. The molecule has 0 aromatic rings. The molecule has 0 amide bonds. The first-order valence-corrected chi connectivity index (χ1v) is 8.37. The average molecular weight is 314 g/mol. The minimum atomic E-state index is -0.514. The fourth-order valence-corrected chi connectivity index (χ4v) is 1.84. The molecule has 0 aliphatic rings. The zero-order valence-electron chi connectivity index (χ0n) is 15.5. The summed E-state index contributed by atoms with van der Waals surface area (Å²) < 4.78 is 10.8. The molecule has 0 N–H and O–H groups in total. The second-order valence-electron chi connectivity index (χ2n) is 7.85. The summed E-state index contributed by atoms with van der Waals surface area (Å²) in [4.78, 5) is 23.9. The lowest BCUT2D eigenvalue weighted by Crippen LogP contribution is -2.33. The van der Waals surface area contributed by atoms with Gasteiger partial charge in [0.1, 0.15) is 0 Å². The topological polar surface area (TPSA) is 52.6 Å². The fraction of sp³-hybridized carbons (Fsp3) is 0.889. The van der Waals surface area contributed by atoms with Gasteiger partial charge in [0.2, 0.25) is 0 Å². The molecule has 1 unspecified atom stereocenters. The van der Waals surface area contributed by atoms with E-state index >= 15 is 0 Å². The molecule has 0 radical (unpaired) electrons. The minimum Gasteiger partial charge on any atom is -0.465 e. The van der Waals surface area contributed by atoms with Crippen LogP contribution in [0.15, 0.2) is 0 Å². The maximum Gasteiger partial charge on any atom is 0.311 e. The van der Waals surface area contributed by atoms with Crippen LogP contribution >= 0.6 is 0 Å². The molecule has 0 spiro atoms. The Morgan fingerprint density at radius 1 is 0.955 bits per heavy atom. The molecule has 0 bridgehead atoms. The van der Waals surface area contributed by atoms with Gasteiger partial charge in [0.25, 0.3) is 0 Å². The number of carbonyl (C=O) groups is 2. The third-order valence-corrected chi connectivity index (χ3v) is 3.54. The normalized spacial score (nSPS) is 13.6.